The number of fused-ring (bicyclic) bond motifs is 1. The lowest BCUT2D eigenvalue weighted by Gasteiger charge is -2.36. The molecule has 0 saturated carbocycles. The second kappa shape index (κ2) is 5.83. The second-order valence-electron chi connectivity index (χ2n) is 4.37. The monoisotopic (exact) mass is 314 g/mol. The molecule has 0 radical (unpaired) electrons. The SMILES string of the molecule is CSc1ncnc2c1ncn2[C@H]1O[C@H](CO)[C@@H](O)O[C@H]1O. The molecule has 10 heteroatoms. The summed E-state index contributed by atoms with van der Waals surface area (Å²) in [6.45, 7) is -0.442. The summed E-state index contributed by atoms with van der Waals surface area (Å²) in [5.41, 5.74) is 1.04. The van der Waals surface area contributed by atoms with Gasteiger partial charge in [-0.3, -0.25) is 4.57 Å². The summed E-state index contributed by atoms with van der Waals surface area (Å²) in [7, 11) is 0. The van der Waals surface area contributed by atoms with Crippen LogP contribution >= 0.6 is 11.8 Å². The molecule has 0 spiro atoms. The number of aliphatic hydroxyl groups excluding tert-OH is 3. The summed E-state index contributed by atoms with van der Waals surface area (Å²) < 4.78 is 11.9. The van der Waals surface area contributed by atoms with Crippen LogP contribution in [-0.4, -0.2) is 66.4 Å². The highest BCUT2D eigenvalue weighted by atomic mass is 32.2. The van der Waals surface area contributed by atoms with Gasteiger partial charge in [0.1, 0.15) is 23.0 Å². The summed E-state index contributed by atoms with van der Waals surface area (Å²) in [5.74, 6) is 0. The molecular weight excluding hydrogens is 300 g/mol. The number of ether oxygens (including phenoxy) is 2. The van der Waals surface area contributed by atoms with Crippen LogP contribution in [0.25, 0.3) is 11.2 Å². The molecule has 0 bridgehead atoms. The first-order chi connectivity index (χ1) is 10.2. The van der Waals surface area contributed by atoms with E-state index < -0.39 is 31.5 Å². The molecule has 3 N–H and O–H groups in total. The fraction of sp³-hybridized carbons (Fsp3) is 0.545. The number of hydrogen-bond donors (Lipinski definition) is 3. The average molecular weight is 314 g/mol. The van der Waals surface area contributed by atoms with Crippen molar-refractivity contribution in [3.63, 3.8) is 0 Å². The Balaban J connectivity index is 2.00. The van der Waals surface area contributed by atoms with Crippen molar-refractivity contribution in [1.29, 1.82) is 0 Å². The van der Waals surface area contributed by atoms with Gasteiger partial charge in [-0.25, -0.2) is 15.0 Å². The average Bonchev–Trinajstić information content (AvgIpc) is 2.91. The lowest BCUT2D eigenvalue weighted by atomic mass is 10.3. The van der Waals surface area contributed by atoms with E-state index in [0.717, 1.165) is 0 Å². The first kappa shape index (κ1) is 14.6. The lowest BCUT2D eigenvalue weighted by Crippen LogP contribution is -2.48. The number of nitrogens with zero attached hydrogens (tertiary/aromatic N) is 4. The Hall–Kier alpha value is -1.30. The van der Waals surface area contributed by atoms with E-state index in [4.69, 9.17) is 14.6 Å². The Kier molecular flexibility index (Phi) is 4.06. The minimum absolute atomic E-state index is 0.442. The maximum atomic E-state index is 9.92. The van der Waals surface area contributed by atoms with E-state index in [0.29, 0.717) is 16.2 Å². The van der Waals surface area contributed by atoms with E-state index in [9.17, 15) is 10.2 Å². The highest BCUT2D eigenvalue weighted by Gasteiger charge is 2.38. The van der Waals surface area contributed by atoms with E-state index in [1.807, 2.05) is 6.26 Å². The number of imidazole rings is 1. The molecule has 0 amide bonds. The van der Waals surface area contributed by atoms with E-state index in [2.05, 4.69) is 15.0 Å². The zero-order valence-corrected chi connectivity index (χ0v) is 11.8. The van der Waals surface area contributed by atoms with Crippen LogP contribution in [0, 0.1) is 0 Å². The van der Waals surface area contributed by atoms with Crippen LogP contribution in [0.4, 0.5) is 0 Å². The molecule has 1 aliphatic heterocycles. The second-order valence-corrected chi connectivity index (χ2v) is 5.17. The van der Waals surface area contributed by atoms with Gasteiger partial charge in [-0.05, 0) is 6.26 Å². The van der Waals surface area contributed by atoms with Gasteiger partial charge in [0.25, 0.3) is 0 Å². The van der Waals surface area contributed by atoms with Gasteiger partial charge in [0, 0.05) is 0 Å². The fourth-order valence-electron chi connectivity index (χ4n) is 2.11. The molecule has 1 aliphatic rings. The summed E-state index contributed by atoms with van der Waals surface area (Å²) in [6.07, 6.45) is -0.0322. The first-order valence-corrected chi connectivity index (χ1v) is 7.37. The minimum atomic E-state index is -1.41. The Bertz CT molecular complexity index is 638. The van der Waals surface area contributed by atoms with Gasteiger partial charge < -0.3 is 24.8 Å². The Morgan fingerprint density at radius 3 is 2.76 bits per heavy atom. The number of rotatable bonds is 3. The molecule has 0 unspecified atom stereocenters. The van der Waals surface area contributed by atoms with Gasteiger partial charge in [-0.2, -0.15) is 0 Å². The van der Waals surface area contributed by atoms with Crippen LogP contribution in [0.1, 0.15) is 6.23 Å². The number of thioether (sulfide) groups is 1. The fourth-order valence-corrected chi connectivity index (χ4v) is 2.60. The van der Waals surface area contributed by atoms with Crippen molar-refractivity contribution in [3.8, 4) is 0 Å². The van der Waals surface area contributed by atoms with E-state index in [1.165, 1.54) is 29.0 Å². The summed E-state index contributed by atoms with van der Waals surface area (Å²) >= 11 is 1.42. The predicted octanol–water partition coefficient (Wildman–Crippen LogP) is -0.909. The summed E-state index contributed by atoms with van der Waals surface area (Å²) in [6, 6.07) is 0. The molecule has 0 aromatic carbocycles. The van der Waals surface area contributed by atoms with Crippen molar-refractivity contribution in [3.05, 3.63) is 12.7 Å². The minimum Gasteiger partial charge on any atom is -0.393 e. The third-order valence-electron chi connectivity index (χ3n) is 3.13. The highest BCUT2D eigenvalue weighted by molar-refractivity contribution is 7.98. The zero-order chi connectivity index (χ0) is 15.0. The van der Waals surface area contributed by atoms with E-state index >= 15 is 0 Å². The largest absolute Gasteiger partial charge is 0.393 e. The van der Waals surface area contributed by atoms with Crippen molar-refractivity contribution in [2.45, 2.75) is 29.9 Å². The Labute approximate surface area is 123 Å². The van der Waals surface area contributed by atoms with Gasteiger partial charge in [0.2, 0.25) is 6.29 Å². The molecule has 9 nitrogen and oxygen atoms in total. The van der Waals surface area contributed by atoms with Crippen LogP contribution in [-0.2, 0) is 9.47 Å². The molecule has 114 valence electrons. The number of aromatic nitrogens is 4. The Morgan fingerprint density at radius 2 is 2.05 bits per heavy atom. The van der Waals surface area contributed by atoms with Gasteiger partial charge in [0.15, 0.2) is 18.2 Å². The molecule has 3 rings (SSSR count). The molecule has 3 heterocycles. The summed E-state index contributed by atoms with van der Waals surface area (Å²) in [4.78, 5) is 12.5. The van der Waals surface area contributed by atoms with Crippen molar-refractivity contribution >= 4 is 22.9 Å². The van der Waals surface area contributed by atoms with E-state index in [1.54, 1.807) is 0 Å². The molecular formula is C11H14N4O5S. The summed E-state index contributed by atoms with van der Waals surface area (Å²) in [5, 5.41) is 29.3. The molecule has 2 aromatic rings. The van der Waals surface area contributed by atoms with Crippen molar-refractivity contribution in [2.75, 3.05) is 12.9 Å². The van der Waals surface area contributed by atoms with E-state index in [-0.39, 0.29) is 0 Å². The number of hydrogen-bond acceptors (Lipinski definition) is 9. The van der Waals surface area contributed by atoms with Crippen molar-refractivity contribution in [1.82, 2.24) is 19.5 Å². The van der Waals surface area contributed by atoms with Gasteiger partial charge in [0.05, 0.1) is 12.9 Å². The maximum Gasteiger partial charge on any atom is 0.203 e. The smallest absolute Gasteiger partial charge is 0.203 e. The molecule has 4 atom stereocenters. The van der Waals surface area contributed by atoms with Gasteiger partial charge in [-0.15, -0.1) is 11.8 Å². The Morgan fingerprint density at radius 1 is 1.24 bits per heavy atom. The predicted molar refractivity (Wildman–Crippen MR) is 71.2 cm³/mol. The van der Waals surface area contributed by atoms with Gasteiger partial charge in [-0.1, -0.05) is 0 Å². The number of aliphatic hydroxyl groups is 3. The quantitative estimate of drug-likeness (QED) is 0.488. The third-order valence-corrected chi connectivity index (χ3v) is 3.81. The molecule has 0 aliphatic carbocycles. The van der Waals surface area contributed by atoms with Crippen molar-refractivity contribution < 1.29 is 24.8 Å². The normalized spacial score (nSPS) is 29.9. The van der Waals surface area contributed by atoms with Crippen molar-refractivity contribution in [2.24, 2.45) is 0 Å². The van der Waals surface area contributed by atoms with Crippen LogP contribution in [0.2, 0.25) is 0 Å². The van der Waals surface area contributed by atoms with Gasteiger partial charge >= 0.3 is 0 Å². The van der Waals surface area contributed by atoms with Crippen LogP contribution in [0.3, 0.4) is 0 Å². The van der Waals surface area contributed by atoms with Crippen LogP contribution < -0.4 is 0 Å². The van der Waals surface area contributed by atoms with Crippen LogP contribution in [0.15, 0.2) is 17.7 Å². The maximum absolute atomic E-state index is 9.92. The lowest BCUT2D eigenvalue weighted by molar-refractivity contribution is -0.355. The standard InChI is InChI=1S/C11H14N4O5S/c1-21-8-6-7(12-3-13-8)15(4-14-6)9-11(18)20-10(17)5(2-16)19-9/h3-5,9-11,16-18H,2H2,1H3/t5-,9+,10+,11-/m1/s1. The third kappa shape index (κ3) is 2.50. The first-order valence-electron chi connectivity index (χ1n) is 6.15. The highest BCUT2D eigenvalue weighted by Crippen LogP contribution is 2.29. The van der Waals surface area contributed by atoms with Crippen LogP contribution in [0.5, 0.6) is 0 Å². The molecule has 1 saturated heterocycles. The topological polar surface area (TPSA) is 123 Å². The zero-order valence-electron chi connectivity index (χ0n) is 11.0. The molecule has 21 heavy (non-hydrogen) atoms. The molecule has 1 fully saturated rings. The molecule has 2 aromatic heterocycles.